The lowest BCUT2D eigenvalue weighted by atomic mass is 10.1. The third-order valence-corrected chi connectivity index (χ3v) is 4.99. The number of fused-ring (bicyclic) bond motifs is 1. The lowest BCUT2D eigenvalue weighted by Crippen LogP contribution is -2.44. The maximum absolute atomic E-state index is 12.1. The first-order valence-corrected chi connectivity index (χ1v) is 9.09. The Labute approximate surface area is 135 Å². The van der Waals surface area contributed by atoms with Crippen molar-refractivity contribution in [3.05, 3.63) is 0 Å². The molecule has 3 fully saturated rings. The molecule has 134 valence electrons. The second kappa shape index (κ2) is 5.72. The molecule has 10 heteroatoms. The molecule has 3 aliphatic heterocycles. The van der Waals surface area contributed by atoms with E-state index < -0.39 is 50.0 Å². The van der Waals surface area contributed by atoms with Gasteiger partial charge < -0.3 is 28.2 Å². The lowest BCUT2D eigenvalue weighted by molar-refractivity contribution is -0.230. The molecule has 1 unspecified atom stereocenters. The zero-order chi connectivity index (χ0) is 17.0. The van der Waals surface area contributed by atoms with Gasteiger partial charge in [0.15, 0.2) is 17.9 Å². The fourth-order valence-electron chi connectivity index (χ4n) is 3.01. The Morgan fingerprint density at radius 1 is 1.09 bits per heavy atom. The summed E-state index contributed by atoms with van der Waals surface area (Å²) in [5, 5.41) is 0. The Morgan fingerprint density at radius 3 is 2.35 bits per heavy atom. The van der Waals surface area contributed by atoms with Crippen LogP contribution in [0.3, 0.4) is 0 Å². The molecule has 3 aliphatic rings. The van der Waals surface area contributed by atoms with E-state index >= 15 is 0 Å². The van der Waals surface area contributed by atoms with Gasteiger partial charge in [0.2, 0.25) is 0 Å². The van der Waals surface area contributed by atoms with Crippen LogP contribution < -0.4 is 5.50 Å². The molecule has 3 heterocycles. The van der Waals surface area contributed by atoms with Crippen LogP contribution in [-0.4, -0.2) is 56.0 Å². The van der Waals surface area contributed by atoms with Crippen LogP contribution in [-0.2, 0) is 37.3 Å². The summed E-state index contributed by atoms with van der Waals surface area (Å²) in [5.74, 6) is -1.56. The first kappa shape index (κ1) is 17.7. The number of hydrogen-bond acceptors (Lipinski definition) is 8. The minimum atomic E-state index is -3.74. The van der Waals surface area contributed by atoms with E-state index in [9.17, 15) is 4.57 Å². The van der Waals surface area contributed by atoms with Gasteiger partial charge in [-0.2, -0.15) is 0 Å². The van der Waals surface area contributed by atoms with Crippen molar-refractivity contribution in [3.63, 3.8) is 0 Å². The van der Waals surface area contributed by atoms with Crippen molar-refractivity contribution < 1.29 is 37.3 Å². The summed E-state index contributed by atoms with van der Waals surface area (Å²) in [6, 6.07) is 0. The van der Waals surface area contributed by atoms with Crippen molar-refractivity contribution in [2.75, 3.05) is 13.7 Å². The molecule has 3 saturated heterocycles. The van der Waals surface area contributed by atoms with Crippen LogP contribution in [0.5, 0.6) is 0 Å². The smallest absolute Gasteiger partial charge is 0.348 e. The molecule has 3 rings (SSSR count). The average molecular weight is 353 g/mol. The van der Waals surface area contributed by atoms with Crippen LogP contribution in [0.25, 0.3) is 0 Å². The Balaban J connectivity index is 1.80. The maximum atomic E-state index is 12.1. The Bertz CT molecular complexity index is 512. The zero-order valence-corrected chi connectivity index (χ0v) is 14.8. The molecule has 2 N–H and O–H groups in total. The summed E-state index contributed by atoms with van der Waals surface area (Å²) in [5.41, 5.74) is 5.55. The van der Waals surface area contributed by atoms with Crippen LogP contribution in [0.15, 0.2) is 0 Å². The SMILES string of the molecule is COP(N)(=O)O[C@@H]1[C@H]2OC(C)(C)O[C@H]2O[C@@H]1[C@H]1COC(C)(C)O1. The summed E-state index contributed by atoms with van der Waals surface area (Å²) in [6.07, 6.45) is -3.04. The van der Waals surface area contributed by atoms with E-state index in [2.05, 4.69) is 0 Å². The van der Waals surface area contributed by atoms with Crippen LogP contribution in [0, 0.1) is 0 Å². The van der Waals surface area contributed by atoms with E-state index in [0.29, 0.717) is 6.61 Å². The van der Waals surface area contributed by atoms with Crippen LogP contribution in [0.4, 0.5) is 0 Å². The van der Waals surface area contributed by atoms with Crippen molar-refractivity contribution >= 4 is 7.75 Å². The fraction of sp³-hybridized carbons (Fsp3) is 1.00. The van der Waals surface area contributed by atoms with E-state index in [-0.39, 0.29) is 0 Å². The van der Waals surface area contributed by atoms with E-state index in [1.807, 2.05) is 0 Å². The van der Waals surface area contributed by atoms with E-state index in [0.717, 1.165) is 0 Å². The molecule has 0 saturated carbocycles. The maximum Gasteiger partial charge on any atom is 0.403 e. The summed E-state index contributed by atoms with van der Waals surface area (Å²) >= 11 is 0. The quantitative estimate of drug-likeness (QED) is 0.744. The van der Waals surface area contributed by atoms with Gasteiger partial charge in [0, 0.05) is 7.11 Å². The van der Waals surface area contributed by atoms with Crippen molar-refractivity contribution in [3.8, 4) is 0 Å². The second-order valence-electron chi connectivity index (χ2n) is 6.73. The Morgan fingerprint density at radius 2 is 1.78 bits per heavy atom. The summed E-state index contributed by atoms with van der Waals surface area (Å²) in [4.78, 5) is 0. The summed E-state index contributed by atoms with van der Waals surface area (Å²) in [7, 11) is -2.52. The molecule has 0 radical (unpaired) electrons. The van der Waals surface area contributed by atoms with Gasteiger partial charge in [0.05, 0.1) is 6.61 Å². The van der Waals surface area contributed by atoms with Gasteiger partial charge in [0.25, 0.3) is 0 Å². The van der Waals surface area contributed by atoms with Gasteiger partial charge in [-0.25, -0.2) is 10.1 Å². The van der Waals surface area contributed by atoms with Crippen molar-refractivity contribution in [1.29, 1.82) is 0 Å². The molecule has 23 heavy (non-hydrogen) atoms. The minimum absolute atomic E-state index is 0.308. The molecule has 9 nitrogen and oxygen atoms in total. The highest BCUT2D eigenvalue weighted by molar-refractivity contribution is 7.51. The van der Waals surface area contributed by atoms with Gasteiger partial charge in [0.1, 0.15) is 24.4 Å². The van der Waals surface area contributed by atoms with Gasteiger partial charge in [-0.3, -0.25) is 4.52 Å². The van der Waals surface area contributed by atoms with Crippen molar-refractivity contribution in [2.24, 2.45) is 5.50 Å². The van der Waals surface area contributed by atoms with Crippen LogP contribution in [0.2, 0.25) is 0 Å². The highest BCUT2D eigenvalue weighted by Crippen LogP contribution is 2.48. The molecule has 0 aliphatic carbocycles. The van der Waals surface area contributed by atoms with Gasteiger partial charge in [-0.1, -0.05) is 0 Å². The van der Waals surface area contributed by atoms with E-state index in [1.54, 1.807) is 27.7 Å². The lowest BCUT2D eigenvalue weighted by Gasteiger charge is -2.29. The predicted molar refractivity (Wildman–Crippen MR) is 77.3 cm³/mol. The van der Waals surface area contributed by atoms with Crippen molar-refractivity contribution in [2.45, 2.75) is 70.0 Å². The largest absolute Gasteiger partial charge is 0.403 e. The van der Waals surface area contributed by atoms with Gasteiger partial charge >= 0.3 is 7.75 Å². The molecular weight excluding hydrogens is 329 g/mol. The monoisotopic (exact) mass is 353 g/mol. The predicted octanol–water partition coefficient (Wildman–Crippen LogP) is 1.11. The minimum Gasteiger partial charge on any atom is -0.348 e. The molecule has 0 amide bonds. The first-order chi connectivity index (χ1) is 10.5. The topological polar surface area (TPSA) is 108 Å². The van der Waals surface area contributed by atoms with Gasteiger partial charge in [-0.05, 0) is 27.7 Å². The third-order valence-electron chi connectivity index (χ3n) is 3.95. The summed E-state index contributed by atoms with van der Waals surface area (Å²) < 4.78 is 51.1. The normalized spacial score (nSPS) is 44.2. The molecular formula is C13H24NO8P. The molecule has 0 bridgehead atoms. The number of ether oxygens (including phenoxy) is 5. The number of nitrogens with two attached hydrogens (primary N) is 1. The molecule has 6 atom stereocenters. The first-order valence-electron chi connectivity index (χ1n) is 7.48. The van der Waals surface area contributed by atoms with Crippen molar-refractivity contribution in [1.82, 2.24) is 0 Å². The molecule has 0 aromatic heterocycles. The van der Waals surface area contributed by atoms with Crippen LogP contribution in [0.1, 0.15) is 27.7 Å². The van der Waals surface area contributed by atoms with E-state index in [4.69, 9.17) is 38.2 Å². The van der Waals surface area contributed by atoms with Gasteiger partial charge in [-0.15, -0.1) is 0 Å². The highest BCUT2D eigenvalue weighted by atomic mass is 31.2. The van der Waals surface area contributed by atoms with Crippen LogP contribution >= 0.6 is 7.75 Å². The molecule has 0 aromatic rings. The standard InChI is InChI=1S/C13H24NO8P/c1-12(2)17-6-7(19-12)8-9(22-23(14,15)16-5)10-11(18-8)21-13(3,4)20-10/h7-11H,6H2,1-5H3,(H2,14,15)/t7-,8-,9+,10-,11-,23?/m1/s1. The number of hydrogen-bond donors (Lipinski definition) is 1. The zero-order valence-electron chi connectivity index (χ0n) is 13.9. The Kier molecular flexibility index (Phi) is 4.41. The molecule has 0 aromatic carbocycles. The Hall–Kier alpha value is -0.0900. The third kappa shape index (κ3) is 3.63. The highest BCUT2D eigenvalue weighted by Gasteiger charge is 2.60. The number of rotatable bonds is 4. The summed E-state index contributed by atoms with van der Waals surface area (Å²) in [6.45, 7) is 7.44. The van der Waals surface area contributed by atoms with E-state index in [1.165, 1.54) is 7.11 Å². The fourth-order valence-corrected chi connectivity index (χ4v) is 3.68. The molecule has 0 spiro atoms. The second-order valence-corrected chi connectivity index (χ2v) is 8.38. The average Bonchev–Trinajstić information content (AvgIpc) is 3.01.